The Hall–Kier alpha value is -1.36. The van der Waals surface area contributed by atoms with Crippen LogP contribution in [0.25, 0.3) is 0 Å². The molecule has 1 fully saturated rings. The van der Waals surface area contributed by atoms with Crippen molar-refractivity contribution in [2.75, 3.05) is 18.8 Å². The molecule has 0 spiro atoms. The number of hydrogen-bond acceptors (Lipinski definition) is 4. The number of carbonyl (C=O) groups is 2. The Morgan fingerprint density at radius 1 is 1.42 bits per heavy atom. The van der Waals surface area contributed by atoms with E-state index in [0.717, 1.165) is 42.8 Å². The lowest BCUT2D eigenvalue weighted by atomic mass is 10.1. The van der Waals surface area contributed by atoms with Crippen LogP contribution in [0, 0.1) is 6.92 Å². The van der Waals surface area contributed by atoms with Crippen molar-refractivity contribution in [3.63, 3.8) is 0 Å². The zero-order chi connectivity index (χ0) is 13.7. The van der Waals surface area contributed by atoms with Crippen molar-refractivity contribution in [3.8, 4) is 0 Å². The predicted octanol–water partition coefficient (Wildman–Crippen LogP) is 2.31. The first-order chi connectivity index (χ1) is 9.20. The number of likely N-dealkylation sites (tertiary alicyclic amines) is 1. The molecule has 0 radical (unpaired) electrons. The van der Waals surface area contributed by atoms with Gasteiger partial charge in [0.1, 0.15) is 0 Å². The number of aryl methyl sites for hydroxylation is 1. The highest BCUT2D eigenvalue weighted by atomic mass is 32.2. The minimum atomic E-state index is 0.186. The van der Waals surface area contributed by atoms with E-state index in [-0.39, 0.29) is 5.91 Å². The van der Waals surface area contributed by atoms with Crippen molar-refractivity contribution in [3.05, 3.63) is 23.4 Å². The molecule has 19 heavy (non-hydrogen) atoms. The van der Waals surface area contributed by atoms with Gasteiger partial charge in [-0.15, -0.1) is 0 Å². The van der Waals surface area contributed by atoms with Gasteiger partial charge in [0.2, 0.25) is 5.91 Å². The molecule has 1 aliphatic rings. The first-order valence-electron chi connectivity index (χ1n) is 6.53. The lowest BCUT2D eigenvalue weighted by Gasteiger charge is -2.26. The normalized spacial score (nSPS) is 15.3. The van der Waals surface area contributed by atoms with E-state index in [0.29, 0.717) is 11.3 Å². The quantitative estimate of drug-likeness (QED) is 0.626. The van der Waals surface area contributed by atoms with Gasteiger partial charge in [0, 0.05) is 24.8 Å². The molecule has 0 unspecified atom stereocenters. The second kappa shape index (κ2) is 6.70. The van der Waals surface area contributed by atoms with Crippen molar-refractivity contribution in [1.29, 1.82) is 0 Å². The molecule has 1 aromatic rings. The summed E-state index contributed by atoms with van der Waals surface area (Å²) in [6.07, 6.45) is 5.79. The molecule has 102 valence electrons. The number of hydrogen-bond donors (Lipinski definition) is 0. The van der Waals surface area contributed by atoms with Crippen LogP contribution in [-0.2, 0) is 4.79 Å². The molecule has 0 saturated carbocycles. The topological polar surface area (TPSA) is 50.3 Å². The summed E-state index contributed by atoms with van der Waals surface area (Å²) in [6, 6.07) is 1.80. The molecular weight excluding hydrogens is 260 g/mol. The smallest absolute Gasteiger partial charge is 0.232 e. The Balaban J connectivity index is 1.91. The number of pyridine rings is 1. The van der Waals surface area contributed by atoms with Crippen LogP contribution in [-0.4, -0.2) is 40.9 Å². The zero-order valence-electron chi connectivity index (χ0n) is 11.1. The SMILES string of the molecule is Cc1cc(C=O)cnc1SCC(=O)N1CCCCC1. The third-order valence-corrected chi connectivity index (χ3v) is 4.32. The molecule has 1 aliphatic heterocycles. The number of amides is 1. The highest BCUT2D eigenvalue weighted by molar-refractivity contribution is 7.99. The van der Waals surface area contributed by atoms with Gasteiger partial charge in [0.05, 0.1) is 10.8 Å². The van der Waals surface area contributed by atoms with E-state index < -0.39 is 0 Å². The van der Waals surface area contributed by atoms with Gasteiger partial charge in [-0.05, 0) is 37.8 Å². The second-order valence-corrected chi connectivity index (χ2v) is 5.70. The van der Waals surface area contributed by atoms with Crippen molar-refractivity contribution in [2.24, 2.45) is 0 Å². The lowest BCUT2D eigenvalue weighted by Crippen LogP contribution is -2.36. The van der Waals surface area contributed by atoms with Crippen LogP contribution in [0.3, 0.4) is 0 Å². The van der Waals surface area contributed by atoms with Crippen LogP contribution in [0.1, 0.15) is 35.2 Å². The van der Waals surface area contributed by atoms with E-state index in [1.54, 1.807) is 12.3 Å². The van der Waals surface area contributed by atoms with Crippen LogP contribution >= 0.6 is 11.8 Å². The summed E-state index contributed by atoms with van der Waals surface area (Å²) in [5.74, 6) is 0.610. The fourth-order valence-electron chi connectivity index (χ4n) is 2.16. The molecule has 0 aromatic carbocycles. The number of nitrogens with zero attached hydrogens (tertiary/aromatic N) is 2. The van der Waals surface area contributed by atoms with Gasteiger partial charge in [-0.2, -0.15) is 0 Å². The van der Waals surface area contributed by atoms with E-state index in [2.05, 4.69) is 4.98 Å². The third-order valence-electron chi connectivity index (χ3n) is 3.23. The summed E-state index contributed by atoms with van der Waals surface area (Å²) in [5.41, 5.74) is 1.52. The molecule has 0 atom stereocenters. The molecule has 5 heteroatoms. The fourth-order valence-corrected chi connectivity index (χ4v) is 3.02. The minimum absolute atomic E-state index is 0.186. The molecule has 1 aromatic heterocycles. The molecule has 1 saturated heterocycles. The van der Waals surface area contributed by atoms with Crippen LogP contribution in [0.5, 0.6) is 0 Å². The van der Waals surface area contributed by atoms with E-state index in [9.17, 15) is 9.59 Å². The maximum Gasteiger partial charge on any atom is 0.232 e. The van der Waals surface area contributed by atoms with Crippen molar-refractivity contribution in [1.82, 2.24) is 9.88 Å². The van der Waals surface area contributed by atoms with Crippen molar-refractivity contribution >= 4 is 24.0 Å². The van der Waals surface area contributed by atoms with Gasteiger partial charge < -0.3 is 4.90 Å². The number of aromatic nitrogens is 1. The summed E-state index contributed by atoms with van der Waals surface area (Å²) in [5, 5.41) is 0.830. The molecule has 0 N–H and O–H groups in total. The third kappa shape index (κ3) is 3.80. The second-order valence-electron chi connectivity index (χ2n) is 4.74. The molecule has 2 heterocycles. The first kappa shape index (κ1) is 14.1. The lowest BCUT2D eigenvalue weighted by molar-refractivity contribution is -0.129. The number of thioether (sulfide) groups is 1. The maximum atomic E-state index is 12.0. The minimum Gasteiger partial charge on any atom is -0.342 e. The van der Waals surface area contributed by atoms with E-state index in [1.807, 2.05) is 11.8 Å². The van der Waals surface area contributed by atoms with Crippen LogP contribution in [0.15, 0.2) is 17.3 Å². The summed E-state index contributed by atoms with van der Waals surface area (Å²) in [7, 11) is 0. The van der Waals surface area contributed by atoms with Gasteiger partial charge in [0.15, 0.2) is 6.29 Å². The summed E-state index contributed by atoms with van der Waals surface area (Å²) >= 11 is 1.45. The zero-order valence-corrected chi connectivity index (χ0v) is 11.9. The average Bonchev–Trinajstić information content (AvgIpc) is 2.46. The standard InChI is InChI=1S/C14H18N2O2S/c1-11-7-12(9-17)8-15-14(11)19-10-13(18)16-5-3-2-4-6-16/h7-9H,2-6,10H2,1H3. The predicted molar refractivity (Wildman–Crippen MR) is 75.5 cm³/mol. The molecule has 4 nitrogen and oxygen atoms in total. The highest BCUT2D eigenvalue weighted by Crippen LogP contribution is 2.21. The van der Waals surface area contributed by atoms with Gasteiger partial charge in [-0.3, -0.25) is 9.59 Å². The van der Waals surface area contributed by atoms with Crippen molar-refractivity contribution in [2.45, 2.75) is 31.2 Å². The number of rotatable bonds is 4. The largest absolute Gasteiger partial charge is 0.342 e. The van der Waals surface area contributed by atoms with Gasteiger partial charge in [0.25, 0.3) is 0 Å². The van der Waals surface area contributed by atoms with Gasteiger partial charge in [-0.1, -0.05) is 11.8 Å². The Labute approximate surface area is 117 Å². The molecule has 1 amide bonds. The van der Waals surface area contributed by atoms with Crippen LogP contribution in [0.4, 0.5) is 0 Å². The number of aldehydes is 1. The molecule has 0 aliphatic carbocycles. The van der Waals surface area contributed by atoms with Gasteiger partial charge in [-0.25, -0.2) is 4.98 Å². The molecule has 2 rings (SSSR count). The summed E-state index contributed by atoms with van der Waals surface area (Å²) in [6.45, 7) is 3.68. The Bertz CT molecular complexity index is 471. The van der Waals surface area contributed by atoms with Crippen LogP contribution < -0.4 is 0 Å². The summed E-state index contributed by atoms with van der Waals surface area (Å²) < 4.78 is 0. The Morgan fingerprint density at radius 3 is 2.79 bits per heavy atom. The summed E-state index contributed by atoms with van der Waals surface area (Å²) in [4.78, 5) is 28.8. The van der Waals surface area contributed by atoms with Gasteiger partial charge >= 0.3 is 0 Å². The number of piperidine rings is 1. The van der Waals surface area contributed by atoms with Crippen molar-refractivity contribution < 1.29 is 9.59 Å². The van der Waals surface area contributed by atoms with E-state index >= 15 is 0 Å². The monoisotopic (exact) mass is 278 g/mol. The maximum absolute atomic E-state index is 12.0. The molecular formula is C14H18N2O2S. The van der Waals surface area contributed by atoms with E-state index in [4.69, 9.17) is 0 Å². The fraction of sp³-hybridized carbons (Fsp3) is 0.500. The average molecular weight is 278 g/mol. The Kier molecular flexibility index (Phi) is 4.96. The van der Waals surface area contributed by atoms with Crippen LogP contribution in [0.2, 0.25) is 0 Å². The Morgan fingerprint density at radius 2 is 2.16 bits per heavy atom. The number of carbonyl (C=O) groups excluding carboxylic acids is 2. The van der Waals surface area contributed by atoms with E-state index in [1.165, 1.54) is 18.2 Å². The highest BCUT2D eigenvalue weighted by Gasteiger charge is 2.17. The molecule has 0 bridgehead atoms. The first-order valence-corrected chi connectivity index (χ1v) is 7.51.